The summed E-state index contributed by atoms with van der Waals surface area (Å²) in [6.07, 6.45) is 1.28. The average molecular weight is 393 g/mol. The zero-order valence-corrected chi connectivity index (χ0v) is 15.1. The van der Waals surface area contributed by atoms with Crippen molar-refractivity contribution in [2.75, 3.05) is 5.32 Å². The molecule has 1 heterocycles. The van der Waals surface area contributed by atoms with Gasteiger partial charge in [0.25, 0.3) is 5.91 Å². The molecule has 1 aromatic heterocycles. The number of hydrogen-bond donors (Lipinski definition) is 2. The number of aromatic carboxylic acids is 1. The molecule has 6 nitrogen and oxygen atoms in total. The van der Waals surface area contributed by atoms with E-state index in [4.69, 9.17) is 16.0 Å². The number of anilines is 1. The van der Waals surface area contributed by atoms with Crippen molar-refractivity contribution >= 4 is 35.2 Å². The van der Waals surface area contributed by atoms with Crippen LogP contribution in [0.1, 0.15) is 16.1 Å². The predicted molar refractivity (Wildman–Crippen MR) is 105 cm³/mol. The summed E-state index contributed by atoms with van der Waals surface area (Å²) in [4.78, 5) is 23.6. The molecule has 0 atom stereocenters. The van der Waals surface area contributed by atoms with Crippen LogP contribution in [0.3, 0.4) is 0 Å². The molecule has 0 aliphatic carbocycles. The Labute approximate surface area is 165 Å². The van der Waals surface area contributed by atoms with E-state index in [0.717, 1.165) is 5.56 Å². The first kappa shape index (κ1) is 19.0. The summed E-state index contributed by atoms with van der Waals surface area (Å²) in [7, 11) is 0. The van der Waals surface area contributed by atoms with Gasteiger partial charge in [-0.2, -0.15) is 5.26 Å². The van der Waals surface area contributed by atoms with Crippen LogP contribution < -0.4 is 5.32 Å². The lowest BCUT2D eigenvalue weighted by atomic mass is 10.1. The quantitative estimate of drug-likeness (QED) is 0.477. The predicted octanol–water partition coefficient (Wildman–Crippen LogP) is 4.84. The number of furan rings is 1. The molecule has 0 saturated carbocycles. The number of rotatable bonds is 5. The molecule has 0 fully saturated rings. The molecule has 0 unspecified atom stereocenters. The third-order valence-corrected chi connectivity index (χ3v) is 4.03. The SMILES string of the molecule is N#C/C(=C\c1ccc(-c2cccc(Cl)c2)o1)C(=O)Nc1ccccc1C(=O)O. The van der Waals surface area contributed by atoms with E-state index in [-0.39, 0.29) is 16.8 Å². The van der Waals surface area contributed by atoms with Gasteiger partial charge in [0.1, 0.15) is 23.2 Å². The maximum Gasteiger partial charge on any atom is 0.337 e. The lowest BCUT2D eigenvalue weighted by Crippen LogP contribution is -2.16. The van der Waals surface area contributed by atoms with Crippen molar-refractivity contribution in [3.63, 3.8) is 0 Å². The Hall–Kier alpha value is -3.82. The Morgan fingerprint density at radius 3 is 2.61 bits per heavy atom. The normalized spacial score (nSPS) is 10.9. The molecule has 0 aliphatic rings. The van der Waals surface area contributed by atoms with Gasteiger partial charge in [-0.25, -0.2) is 4.79 Å². The first-order valence-corrected chi connectivity index (χ1v) is 8.47. The molecule has 0 saturated heterocycles. The average Bonchev–Trinajstić information content (AvgIpc) is 3.15. The van der Waals surface area contributed by atoms with Gasteiger partial charge in [0.2, 0.25) is 0 Å². The van der Waals surface area contributed by atoms with Crippen LogP contribution in [0.2, 0.25) is 5.02 Å². The number of carbonyl (C=O) groups is 2. The number of nitriles is 1. The first-order valence-electron chi connectivity index (χ1n) is 8.09. The van der Waals surface area contributed by atoms with Crippen LogP contribution in [0.5, 0.6) is 0 Å². The number of amides is 1. The Balaban J connectivity index is 1.84. The summed E-state index contributed by atoms with van der Waals surface area (Å²) >= 11 is 5.97. The molecule has 2 N–H and O–H groups in total. The summed E-state index contributed by atoms with van der Waals surface area (Å²) in [6, 6.07) is 18.1. The Morgan fingerprint density at radius 1 is 1.11 bits per heavy atom. The fourth-order valence-corrected chi connectivity index (χ4v) is 2.68. The number of para-hydroxylation sites is 1. The fraction of sp³-hybridized carbons (Fsp3) is 0. The second-order valence-corrected chi connectivity index (χ2v) is 6.12. The van der Waals surface area contributed by atoms with Crippen LogP contribution in [0.15, 0.2) is 70.7 Å². The van der Waals surface area contributed by atoms with E-state index in [9.17, 15) is 20.0 Å². The molecule has 7 heteroatoms. The molecule has 0 aliphatic heterocycles. The van der Waals surface area contributed by atoms with Crippen LogP contribution in [0.25, 0.3) is 17.4 Å². The van der Waals surface area contributed by atoms with Crippen molar-refractivity contribution < 1.29 is 19.1 Å². The smallest absolute Gasteiger partial charge is 0.337 e. The van der Waals surface area contributed by atoms with Gasteiger partial charge in [0.15, 0.2) is 0 Å². The summed E-state index contributed by atoms with van der Waals surface area (Å²) in [5.74, 6) is -1.09. The van der Waals surface area contributed by atoms with Crippen molar-refractivity contribution in [3.8, 4) is 17.4 Å². The van der Waals surface area contributed by atoms with Crippen LogP contribution in [0.4, 0.5) is 5.69 Å². The Kier molecular flexibility index (Phi) is 5.58. The highest BCUT2D eigenvalue weighted by atomic mass is 35.5. The summed E-state index contributed by atoms with van der Waals surface area (Å²) in [5, 5.41) is 21.5. The van der Waals surface area contributed by atoms with E-state index in [1.165, 1.54) is 18.2 Å². The third-order valence-electron chi connectivity index (χ3n) is 3.79. The number of nitrogens with zero attached hydrogens (tertiary/aromatic N) is 1. The highest BCUT2D eigenvalue weighted by Crippen LogP contribution is 2.26. The second kappa shape index (κ2) is 8.25. The molecular formula is C21H13ClN2O4. The summed E-state index contributed by atoms with van der Waals surface area (Å²) in [5.41, 5.74) is 0.548. The van der Waals surface area contributed by atoms with Gasteiger partial charge < -0.3 is 14.8 Å². The van der Waals surface area contributed by atoms with Crippen LogP contribution >= 0.6 is 11.6 Å². The molecule has 0 bridgehead atoms. The topological polar surface area (TPSA) is 103 Å². The van der Waals surface area contributed by atoms with Gasteiger partial charge in [-0.15, -0.1) is 0 Å². The molecule has 1 amide bonds. The molecule has 28 heavy (non-hydrogen) atoms. The van der Waals surface area contributed by atoms with Crippen LogP contribution in [-0.2, 0) is 4.79 Å². The lowest BCUT2D eigenvalue weighted by molar-refractivity contribution is -0.112. The van der Waals surface area contributed by atoms with Crippen LogP contribution in [0, 0.1) is 11.3 Å². The fourth-order valence-electron chi connectivity index (χ4n) is 2.49. The van der Waals surface area contributed by atoms with Gasteiger partial charge >= 0.3 is 5.97 Å². The Bertz CT molecular complexity index is 1130. The highest BCUT2D eigenvalue weighted by Gasteiger charge is 2.15. The molecular weight excluding hydrogens is 380 g/mol. The van der Waals surface area contributed by atoms with Gasteiger partial charge in [0.05, 0.1) is 11.3 Å². The number of carboxylic acids is 1. The minimum Gasteiger partial charge on any atom is -0.478 e. The number of carbonyl (C=O) groups excluding carboxylic acids is 1. The standard InChI is InChI=1S/C21H13ClN2O4/c22-15-5-3-4-13(10-15)19-9-8-16(28-19)11-14(12-23)20(25)24-18-7-2-1-6-17(18)21(26)27/h1-11H,(H,24,25)(H,26,27)/b14-11+. The van der Waals surface area contributed by atoms with E-state index in [1.807, 2.05) is 6.07 Å². The van der Waals surface area contributed by atoms with E-state index < -0.39 is 11.9 Å². The molecule has 0 spiro atoms. The van der Waals surface area contributed by atoms with Gasteiger partial charge in [-0.1, -0.05) is 35.9 Å². The molecule has 3 rings (SSSR count). The van der Waals surface area contributed by atoms with Crippen molar-refractivity contribution in [1.82, 2.24) is 0 Å². The zero-order valence-electron chi connectivity index (χ0n) is 14.3. The highest BCUT2D eigenvalue weighted by molar-refractivity contribution is 6.30. The number of nitrogens with one attached hydrogen (secondary N) is 1. The van der Waals surface area contributed by atoms with Crippen molar-refractivity contribution in [2.24, 2.45) is 0 Å². The molecule has 138 valence electrons. The molecule has 0 radical (unpaired) electrons. The third kappa shape index (κ3) is 4.29. The summed E-state index contributed by atoms with van der Waals surface area (Å²) in [6.45, 7) is 0. The van der Waals surface area contributed by atoms with Gasteiger partial charge in [-0.3, -0.25) is 4.79 Å². The van der Waals surface area contributed by atoms with Crippen LogP contribution in [-0.4, -0.2) is 17.0 Å². The minimum absolute atomic E-state index is 0.0746. The van der Waals surface area contributed by atoms with Crippen molar-refractivity contribution in [2.45, 2.75) is 0 Å². The van der Waals surface area contributed by atoms with E-state index >= 15 is 0 Å². The maximum absolute atomic E-state index is 12.4. The lowest BCUT2D eigenvalue weighted by Gasteiger charge is -2.07. The number of carboxylic acid groups (broad SMARTS) is 1. The van der Waals surface area contributed by atoms with Gasteiger partial charge in [-0.05, 0) is 36.4 Å². The van der Waals surface area contributed by atoms with Crippen molar-refractivity contribution in [3.05, 3.63) is 82.6 Å². The minimum atomic E-state index is -1.18. The number of halogens is 1. The Morgan fingerprint density at radius 2 is 1.89 bits per heavy atom. The zero-order chi connectivity index (χ0) is 20.1. The van der Waals surface area contributed by atoms with Crippen molar-refractivity contribution in [1.29, 1.82) is 5.26 Å². The monoisotopic (exact) mass is 392 g/mol. The maximum atomic E-state index is 12.4. The van der Waals surface area contributed by atoms with E-state index in [1.54, 1.807) is 48.5 Å². The van der Waals surface area contributed by atoms with Gasteiger partial charge in [0, 0.05) is 16.7 Å². The number of benzene rings is 2. The summed E-state index contributed by atoms with van der Waals surface area (Å²) < 4.78 is 5.66. The first-order chi connectivity index (χ1) is 13.5. The van der Waals surface area contributed by atoms with E-state index in [0.29, 0.717) is 16.5 Å². The second-order valence-electron chi connectivity index (χ2n) is 5.69. The van der Waals surface area contributed by atoms with E-state index in [2.05, 4.69) is 5.32 Å². The molecule has 2 aromatic carbocycles. The largest absolute Gasteiger partial charge is 0.478 e. The number of hydrogen-bond acceptors (Lipinski definition) is 4. The molecule has 3 aromatic rings.